The maximum Gasteiger partial charge on any atom is 0.324 e. The second-order valence-electron chi connectivity index (χ2n) is 5.81. The Balaban J connectivity index is 2.45. The largest absolute Gasteiger partial charge is 0.465 e. The zero-order chi connectivity index (χ0) is 14.3. The molecule has 2 unspecified atom stereocenters. The van der Waals surface area contributed by atoms with Gasteiger partial charge in [-0.3, -0.25) is 4.79 Å². The lowest BCUT2D eigenvalue weighted by Gasteiger charge is -2.24. The summed E-state index contributed by atoms with van der Waals surface area (Å²) in [5, 5.41) is 3.31. The SMILES string of the molecule is CCCNC(CN1CCC(C(C)C)C1)C(=O)OCC. The molecule has 1 saturated heterocycles. The molecule has 0 radical (unpaired) electrons. The molecular weight excluding hydrogens is 240 g/mol. The van der Waals surface area contributed by atoms with Crippen molar-refractivity contribution in [1.82, 2.24) is 10.2 Å². The van der Waals surface area contributed by atoms with Gasteiger partial charge in [-0.1, -0.05) is 20.8 Å². The zero-order valence-electron chi connectivity index (χ0n) is 12.9. The summed E-state index contributed by atoms with van der Waals surface area (Å²) in [6, 6.07) is -0.175. The fourth-order valence-electron chi connectivity index (χ4n) is 2.61. The standard InChI is InChI=1S/C15H30N2O2/c1-5-8-16-14(15(18)19-6-2)11-17-9-7-13(10-17)12(3)4/h12-14,16H,5-11H2,1-4H3. The molecule has 0 aromatic rings. The molecule has 19 heavy (non-hydrogen) atoms. The van der Waals surface area contributed by atoms with E-state index in [-0.39, 0.29) is 12.0 Å². The van der Waals surface area contributed by atoms with Crippen LogP contribution in [0.1, 0.15) is 40.5 Å². The number of rotatable bonds is 8. The fraction of sp³-hybridized carbons (Fsp3) is 0.933. The van der Waals surface area contributed by atoms with Crippen molar-refractivity contribution in [2.24, 2.45) is 11.8 Å². The van der Waals surface area contributed by atoms with E-state index < -0.39 is 0 Å². The van der Waals surface area contributed by atoms with Gasteiger partial charge in [0.1, 0.15) is 6.04 Å². The van der Waals surface area contributed by atoms with Gasteiger partial charge in [0, 0.05) is 13.1 Å². The molecule has 1 rings (SSSR count). The van der Waals surface area contributed by atoms with E-state index in [1.165, 1.54) is 6.42 Å². The Bertz CT molecular complexity index is 269. The molecule has 0 aromatic carbocycles. The Morgan fingerprint density at radius 3 is 2.68 bits per heavy atom. The highest BCUT2D eigenvalue weighted by molar-refractivity contribution is 5.76. The van der Waals surface area contributed by atoms with Gasteiger partial charge >= 0.3 is 5.97 Å². The van der Waals surface area contributed by atoms with Crippen molar-refractivity contribution in [2.45, 2.75) is 46.6 Å². The maximum absolute atomic E-state index is 11.9. The van der Waals surface area contributed by atoms with Crippen molar-refractivity contribution in [3.8, 4) is 0 Å². The molecule has 4 heteroatoms. The Morgan fingerprint density at radius 1 is 1.42 bits per heavy atom. The zero-order valence-corrected chi connectivity index (χ0v) is 12.9. The van der Waals surface area contributed by atoms with Gasteiger partial charge in [-0.2, -0.15) is 0 Å². The highest BCUT2D eigenvalue weighted by Gasteiger charge is 2.29. The molecular formula is C15H30N2O2. The molecule has 0 spiro atoms. The van der Waals surface area contributed by atoms with E-state index in [1.807, 2.05) is 6.92 Å². The van der Waals surface area contributed by atoms with E-state index in [2.05, 4.69) is 31.0 Å². The first kappa shape index (κ1) is 16.4. The second-order valence-corrected chi connectivity index (χ2v) is 5.81. The molecule has 1 fully saturated rings. The quantitative estimate of drug-likeness (QED) is 0.684. The third kappa shape index (κ3) is 5.49. The summed E-state index contributed by atoms with van der Waals surface area (Å²) in [5.41, 5.74) is 0. The van der Waals surface area contributed by atoms with Crippen molar-refractivity contribution < 1.29 is 9.53 Å². The first-order chi connectivity index (χ1) is 9.08. The van der Waals surface area contributed by atoms with Gasteiger partial charge in [-0.05, 0) is 44.7 Å². The number of carbonyl (C=O) groups is 1. The molecule has 0 bridgehead atoms. The molecule has 0 aliphatic carbocycles. The Hall–Kier alpha value is -0.610. The van der Waals surface area contributed by atoms with Gasteiger partial charge in [0.05, 0.1) is 6.61 Å². The number of ether oxygens (including phenoxy) is 1. The van der Waals surface area contributed by atoms with Crippen LogP contribution in [0.3, 0.4) is 0 Å². The summed E-state index contributed by atoms with van der Waals surface area (Å²) in [5.74, 6) is 1.40. The third-order valence-electron chi connectivity index (χ3n) is 3.90. The number of esters is 1. The van der Waals surface area contributed by atoms with E-state index in [4.69, 9.17) is 4.74 Å². The highest BCUT2D eigenvalue weighted by atomic mass is 16.5. The minimum Gasteiger partial charge on any atom is -0.465 e. The summed E-state index contributed by atoms with van der Waals surface area (Å²) in [7, 11) is 0. The lowest BCUT2D eigenvalue weighted by atomic mass is 9.95. The molecule has 0 amide bonds. The van der Waals surface area contributed by atoms with Crippen LogP contribution in [0.25, 0.3) is 0 Å². The van der Waals surface area contributed by atoms with E-state index in [0.717, 1.165) is 44.4 Å². The van der Waals surface area contributed by atoms with Crippen LogP contribution in [0.4, 0.5) is 0 Å². The van der Waals surface area contributed by atoms with Gasteiger partial charge in [0.2, 0.25) is 0 Å². The van der Waals surface area contributed by atoms with E-state index in [9.17, 15) is 4.79 Å². The maximum atomic E-state index is 11.9. The summed E-state index contributed by atoms with van der Waals surface area (Å²) in [4.78, 5) is 14.3. The summed E-state index contributed by atoms with van der Waals surface area (Å²) in [6.07, 6.45) is 2.28. The van der Waals surface area contributed by atoms with Crippen LogP contribution in [0.2, 0.25) is 0 Å². The first-order valence-corrected chi connectivity index (χ1v) is 7.70. The lowest BCUT2D eigenvalue weighted by Crippen LogP contribution is -2.46. The van der Waals surface area contributed by atoms with Crippen molar-refractivity contribution in [3.05, 3.63) is 0 Å². The Morgan fingerprint density at radius 2 is 2.16 bits per heavy atom. The van der Waals surface area contributed by atoms with Crippen molar-refractivity contribution in [3.63, 3.8) is 0 Å². The molecule has 0 aromatic heterocycles. The van der Waals surface area contributed by atoms with Crippen molar-refractivity contribution in [2.75, 3.05) is 32.8 Å². The molecule has 112 valence electrons. The lowest BCUT2D eigenvalue weighted by molar-refractivity contribution is -0.146. The molecule has 1 heterocycles. The molecule has 2 atom stereocenters. The van der Waals surface area contributed by atoms with Gasteiger partial charge < -0.3 is 15.0 Å². The van der Waals surface area contributed by atoms with Gasteiger partial charge in [0.15, 0.2) is 0 Å². The number of hydrogen-bond acceptors (Lipinski definition) is 4. The molecule has 0 saturated carbocycles. The van der Waals surface area contributed by atoms with Crippen molar-refractivity contribution >= 4 is 5.97 Å². The van der Waals surface area contributed by atoms with E-state index in [0.29, 0.717) is 6.61 Å². The van der Waals surface area contributed by atoms with Crippen LogP contribution in [0.15, 0.2) is 0 Å². The van der Waals surface area contributed by atoms with E-state index in [1.54, 1.807) is 0 Å². The third-order valence-corrected chi connectivity index (χ3v) is 3.90. The van der Waals surface area contributed by atoms with Crippen LogP contribution in [0, 0.1) is 11.8 Å². The number of hydrogen-bond donors (Lipinski definition) is 1. The second kappa shape index (κ2) is 8.54. The summed E-state index contributed by atoms with van der Waals surface area (Å²) in [6.45, 7) is 12.9. The minimum atomic E-state index is -0.175. The predicted octanol–water partition coefficient (Wildman–Crippen LogP) is 1.90. The topological polar surface area (TPSA) is 41.6 Å². The summed E-state index contributed by atoms with van der Waals surface area (Å²) >= 11 is 0. The smallest absolute Gasteiger partial charge is 0.324 e. The normalized spacial score (nSPS) is 21.8. The number of nitrogens with zero attached hydrogens (tertiary/aromatic N) is 1. The van der Waals surface area contributed by atoms with Crippen LogP contribution in [-0.2, 0) is 9.53 Å². The fourth-order valence-corrected chi connectivity index (χ4v) is 2.61. The molecule has 1 N–H and O–H groups in total. The number of nitrogens with one attached hydrogen (secondary N) is 1. The van der Waals surface area contributed by atoms with Gasteiger partial charge in [-0.25, -0.2) is 0 Å². The average Bonchev–Trinajstić information content (AvgIpc) is 2.83. The van der Waals surface area contributed by atoms with E-state index >= 15 is 0 Å². The first-order valence-electron chi connectivity index (χ1n) is 7.70. The molecule has 1 aliphatic heterocycles. The average molecular weight is 270 g/mol. The summed E-state index contributed by atoms with van der Waals surface area (Å²) < 4.78 is 5.16. The number of carbonyl (C=O) groups excluding carboxylic acids is 1. The van der Waals surface area contributed by atoms with Crippen LogP contribution >= 0.6 is 0 Å². The molecule has 4 nitrogen and oxygen atoms in total. The predicted molar refractivity (Wildman–Crippen MR) is 78.1 cm³/mol. The minimum absolute atomic E-state index is 0.107. The highest BCUT2D eigenvalue weighted by Crippen LogP contribution is 2.23. The Labute approximate surface area is 117 Å². The van der Waals surface area contributed by atoms with Crippen LogP contribution in [-0.4, -0.2) is 49.7 Å². The monoisotopic (exact) mass is 270 g/mol. The Kier molecular flexibility index (Phi) is 7.39. The number of likely N-dealkylation sites (tertiary alicyclic amines) is 1. The molecule has 1 aliphatic rings. The van der Waals surface area contributed by atoms with Crippen LogP contribution in [0.5, 0.6) is 0 Å². The van der Waals surface area contributed by atoms with Crippen molar-refractivity contribution in [1.29, 1.82) is 0 Å². The van der Waals surface area contributed by atoms with Gasteiger partial charge in [0.25, 0.3) is 0 Å². The van der Waals surface area contributed by atoms with Crippen LogP contribution < -0.4 is 5.32 Å². The van der Waals surface area contributed by atoms with Gasteiger partial charge in [-0.15, -0.1) is 0 Å².